The van der Waals surface area contributed by atoms with Crippen molar-refractivity contribution in [2.75, 3.05) is 19.0 Å². The number of anilines is 2. The van der Waals surface area contributed by atoms with Crippen molar-refractivity contribution in [3.63, 3.8) is 0 Å². The first-order chi connectivity index (χ1) is 16.6. The number of hydrogen-bond donors (Lipinski definition) is 1. The molecule has 0 atom stereocenters. The van der Waals surface area contributed by atoms with Crippen molar-refractivity contribution in [3.8, 4) is 5.75 Å². The molecule has 2 heterocycles. The molecule has 4 rings (SSSR count). The van der Waals surface area contributed by atoms with Gasteiger partial charge in [0, 0.05) is 23.8 Å². The first kappa shape index (κ1) is 23.1. The Hall–Kier alpha value is -4.05. The first-order valence-electron chi connectivity index (χ1n) is 10.5. The molecule has 0 fully saturated rings. The van der Waals surface area contributed by atoms with Gasteiger partial charge in [0.05, 0.1) is 19.3 Å². The molecular formula is C24H23N5O4S. The number of carbonyl (C=O) groups is 1. The number of benzene rings is 2. The van der Waals surface area contributed by atoms with Crippen molar-refractivity contribution in [3.05, 3.63) is 94.5 Å². The number of aromatic nitrogens is 4. The van der Waals surface area contributed by atoms with Crippen molar-refractivity contribution in [2.24, 2.45) is 0 Å². The first-order valence-corrected chi connectivity index (χ1v) is 11.5. The average molecular weight is 478 g/mol. The molecular weight excluding hydrogens is 454 g/mol. The third-order valence-electron chi connectivity index (χ3n) is 4.82. The summed E-state index contributed by atoms with van der Waals surface area (Å²) in [5.74, 6) is 1.04. The van der Waals surface area contributed by atoms with Gasteiger partial charge in [-0.25, -0.2) is 4.79 Å². The van der Waals surface area contributed by atoms with E-state index in [0.717, 1.165) is 11.3 Å². The van der Waals surface area contributed by atoms with Crippen LogP contribution in [0.2, 0.25) is 0 Å². The number of ether oxygens (including phenoxy) is 2. The molecule has 34 heavy (non-hydrogen) atoms. The number of rotatable bonds is 9. The van der Waals surface area contributed by atoms with E-state index in [1.54, 1.807) is 55.4 Å². The maximum absolute atomic E-state index is 13.3. The Morgan fingerprint density at radius 1 is 1.03 bits per heavy atom. The summed E-state index contributed by atoms with van der Waals surface area (Å²) >= 11 is 1.40. The minimum absolute atomic E-state index is 0.0615. The van der Waals surface area contributed by atoms with Gasteiger partial charge in [-0.1, -0.05) is 23.9 Å². The van der Waals surface area contributed by atoms with E-state index < -0.39 is 5.97 Å². The summed E-state index contributed by atoms with van der Waals surface area (Å²) < 4.78 is 13.3. The largest absolute Gasteiger partial charge is 0.497 e. The van der Waals surface area contributed by atoms with Gasteiger partial charge < -0.3 is 14.8 Å². The molecule has 1 N–H and O–H groups in total. The lowest BCUT2D eigenvalue weighted by molar-refractivity contribution is 0.0526. The average Bonchev–Trinajstić information content (AvgIpc) is 3.39. The summed E-state index contributed by atoms with van der Waals surface area (Å²) in [6, 6.07) is 18.0. The highest BCUT2D eigenvalue weighted by molar-refractivity contribution is 7.98. The number of hydrogen-bond acceptors (Lipinski definition) is 8. The summed E-state index contributed by atoms with van der Waals surface area (Å²) in [5.41, 5.74) is 1.71. The zero-order valence-corrected chi connectivity index (χ0v) is 19.5. The van der Waals surface area contributed by atoms with Crippen LogP contribution in [0.15, 0.2) is 83.0 Å². The van der Waals surface area contributed by atoms with E-state index in [-0.39, 0.29) is 11.4 Å². The van der Waals surface area contributed by atoms with Crippen molar-refractivity contribution < 1.29 is 14.3 Å². The SMILES string of the molecule is CCOC(=O)c1ccc(Nc2nnc(SCc3ccc(OC)cc3)n(-n3cccc3)c2=O)cc1. The van der Waals surface area contributed by atoms with Crippen LogP contribution in [0.1, 0.15) is 22.8 Å². The lowest BCUT2D eigenvalue weighted by atomic mass is 10.2. The molecule has 0 amide bonds. The Balaban J connectivity index is 1.58. The van der Waals surface area contributed by atoms with Crippen LogP contribution in [0.3, 0.4) is 0 Å². The van der Waals surface area contributed by atoms with Crippen LogP contribution < -0.4 is 15.6 Å². The van der Waals surface area contributed by atoms with Gasteiger partial charge in [0.15, 0.2) is 0 Å². The van der Waals surface area contributed by atoms with E-state index in [9.17, 15) is 9.59 Å². The molecule has 0 unspecified atom stereocenters. The molecule has 0 aliphatic rings. The molecule has 2 aromatic heterocycles. The van der Waals surface area contributed by atoms with Gasteiger partial charge in [0.25, 0.3) is 0 Å². The second kappa shape index (κ2) is 10.7. The number of esters is 1. The zero-order chi connectivity index (χ0) is 23.9. The molecule has 0 saturated carbocycles. The summed E-state index contributed by atoms with van der Waals surface area (Å²) in [5, 5.41) is 11.9. The highest BCUT2D eigenvalue weighted by Gasteiger charge is 2.15. The van der Waals surface area contributed by atoms with E-state index in [0.29, 0.717) is 28.8 Å². The van der Waals surface area contributed by atoms with E-state index in [1.807, 2.05) is 36.4 Å². The van der Waals surface area contributed by atoms with Crippen LogP contribution in [0.5, 0.6) is 5.75 Å². The summed E-state index contributed by atoms with van der Waals surface area (Å²) in [6.45, 7) is 2.05. The van der Waals surface area contributed by atoms with Crippen LogP contribution in [-0.2, 0) is 10.5 Å². The monoisotopic (exact) mass is 477 g/mol. The van der Waals surface area contributed by atoms with Crippen LogP contribution in [0, 0.1) is 0 Å². The number of nitrogens with zero attached hydrogens (tertiary/aromatic N) is 4. The van der Waals surface area contributed by atoms with E-state index >= 15 is 0 Å². The van der Waals surface area contributed by atoms with Gasteiger partial charge in [-0.15, -0.1) is 10.2 Å². The lowest BCUT2D eigenvalue weighted by Crippen LogP contribution is -2.30. The summed E-state index contributed by atoms with van der Waals surface area (Å²) in [6.07, 6.45) is 3.52. The highest BCUT2D eigenvalue weighted by atomic mass is 32.2. The van der Waals surface area contributed by atoms with E-state index in [4.69, 9.17) is 9.47 Å². The number of thioether (sulfide) groups is 1. The predicted octanol–water partition coefficient (Wildman–Crippen LogP) is 3.97. The minimum atomic E-state index is -0.401. The second-order valence-electron chi connectivity index (χ2n) is 7.07. The Morgan fingerprint density at radius 2 is 1.74 bits per heavy atom. The molecule has 9 nitrogen and oxygen atoms in total. The molecule has 4 aromatic rings. The van der Waals surface area contributed by atoms with Crippen LogP contribution >= 0.6 is 11.8 Å². The van der Waals surface area contributed by atoms with E-state index in [1.165, 1.54) is 16.4 Å². The predicted molar refractivity (Wildman–Crippen MR) is 130 cm³/mol. The summed E-state index contributed by atoms with van der Waals surface area (Å²) in [7, 11) is 1.62. The molecule has 174 valence electrons. The Kier molecular flexibility index (Phi) is 7.28. The molecule has 0 spiro atoms. The fourth-order valence-corrected chi connectivity index (χ4v) is 3.99. The fourth-order valence-electron chi connectivity index (χ4n) is 3.11. The molecule has 0 aliphatic heterocycles. The van der Waals surface area contributed by atoms with Gasteiger partial charge in [-0.3, -0.25) is 9.47 Å². The molecule has 0 saturated heterocycles. The number of methoxy groups -OCH3 is 1. The summed E-state index contributed by atoms with van der Waals surface area (Å²) in [4.78, 5) is 25.2. The maximum atomic E-state index is 13.3. The molecule has 0 radical (unpaired) electrons. The van der Waals surface area contributed by atoms with Crippen LogP contribution in [0.25, 0.3) is 0 Å². The van der Waals surface area contributed by atoms with Crippen molar-refractivity contribution in [1.29, 1.82) is 0 Å². The van der Waals surface area contributed by atoms with Crippen molar-refractivity contribution in [1.82, 2.24) is 19.5 Å². The Morgan fingerprint density at radius 3 is 2.38 bits per heavy atom. The van der Waals surface area contributed by atoms with Gasteiger partial charge >= 0.3 is 11.5 Å². The Labute approximate surface area is 200 Å². The number of nitrogens with one attached hydrogen (secondary N) is 1. The third kappa shape index (κ3) is 5.29. The van der Waals surface area contributed by atoms with E-state index in [2.05, 4.69) is 15.5 Å². The molecule has 10 heteroatoms. The van der Waals surface area contributed by atoms with Crippen LogP contribution in [-0.4, -0.2) is 39.2 Å². The molecule has 0 aliphatic carbocycles. The maximum Gasteiger partial charge on any atom is 0.338 e. The van der Waals surface area contributed by atoms with Crippen molar-refractivity contribution >= 4 is 29.2 Å². The highest BCUT2D eigenvalue weighted by Crippen LogP contribution is 2.22. The van der Waals surface area contributed by atoms with Gasteiger partial charge in [0.2, 0.25) is 11.0 Å². The topological polar surface area (TPSA) is 100 Å². The standard InChI is InChI=1S/C24H23N5O4S/c1-3-33-23(31)18-8-10-19(11-9-18)25-21-22(30)29(28-14-4-5-15-28)24(27-26-21)34-16-17-6-12-20(32-2)13-7-17/h4-15H,3,16H2,1-2H3,(H,25,26). The third-order valence-corrected chi connectivity index (χ3v) is 5.81. The fraction of sp³-hybridized carbons (Fsp3) is 0.167. The van der Waals surface area contributed by atoms with Gasteiger partial charge in [-0.05, 0) is 61.0 Å². The van der Waals surface area contributed by atoms with Gasteiger partial charge in [0.1, 0.15) is 5.75 Å². The minimum Gasteiger partial charge on any atom is -0.497 e. The Bertz CT molecular complexity index is 1300. The normalized spacial score (nSPS) is 10.6. The lowest BCUT2D eigenvalue weighted by Gasteiger charge is -2.14. The molecule has 0 bridgehead atoms. The second-order valence-corrected chi connectivity index (χ2v) is 8.01. The smallest absolute Gasteiger partial charge is 0.338 e. The van der Waals surface area contributed by atoms with Gasteiger partial charge in [-0.2, -0.15) is 4.68 Å². The van der Waals surface area contributed by atoms with Crippen LogP contribution in [0.4, 0.5) is 11.5 Å². The number of carbonyl (C=O) groups excluding carboxylic acids is 1. The quantitative estimate of drug-likeness (QED) is 0.286. The molecule has 2 aromatic carbocycles. The van der Waals surface area contributed by atoms with Crippen molar-refractivity contribution in [2.45, 2.75) is 17.8 Å². The zero-order valence-electron chi connectivity index (χ0n) is 18.7.